The molecule has 0 aliphatic heterocycles. The summed E-state index contributed by atoms with van der Waals surface area (Å²) in [6, 6.07) is 0. The van der Waals surface area contributed by atoms with E-state index < -0.39 is 19.2 Å². The van der Waals surface area contributed by atoms with E-state index in [1.165, 1.54) is 6.26 Å². The van der Waals surface area contributed by atoms with E-state index in [4.69, 9.17) is 9.15 Å². The van der Waals surface area contributed by atoms with Crippen LogP contribution in [0.5, 0.6) is 6.08 Å². The van der Waals surface area contributed by atoms with Crippen molar-refractivity contribution < 1.29 is 22.3 Å². The topological polar surface area (TPSA) is 47.3 Å². The van der Waals surface area contributed by atoms with E-state index in [2.05, 4.69) is 24.1 Å². The monoisotopic (exact) mass is 266 g/mol. The van der Waals surface area contributed by atoms with Crippen molar-refractivity contribution in [1.29, 1.82) is 0 Å². The molecule has 104 valence electrons. The number of aromatic nitrogens is 1. The molecule has 0 atom stereocenters. The summed E-state index contributed by atoms with van der Waals surface area (Å²) in [7, 11) is 0. The molecule has 0 spiro atoms. The van der Waals surface area contributed by atoms with Crippen LogP contribution in [-0.2, 0) is 6.54 Å². The van der Waals surface area contributed by atoms with Gasteiger partial charge in [0, 0.05) is 6.54 Å². The van der Waals surface area contributed by atoms with Gasteiger partial charge in [0.1, 0.15) is 12.9 Å². The van der Waals surface area contributed by atoms with E-state index in [1.807, 2.05) is 0 Å². The molecule has 0 amide bonds. The summed E-state index contributed by atoms with van der Waals surface area (Å²) in [5.41, 5.74) is 0.609. The van der Waals surface area contributed by atoms with Crippen LogP contribution in [0, 0.1) is 5.92 Å². The number of ether oxygens (including phenoxy) is 1. The van der Waals surface area contributed by atoms with Crippen molar-refractivity contribution in [2.24, 2.45) is 5.92 Å². The van der Waals surface area contributed by atoms with Crippen molar-refractivity contribution in [1.82, 2.24) is 10.3 Å². The lowest BCUT2D eigenvalue weighted by Gasteiger charge is -2.05. The molecule has 0 radical (unpaired) electrons. The molecule has 0 fully saturated rings. The Kier molecular flexibility index (Phi) is 5.46. The second-order valence-electron chi connectivity index (χ2n) is 4.34. The lowest BCUT2D eigenvalue weighted by Crippen LogP contribution is -2.19. The molecule has 4 nitrogen and oxygen atoms in total. The number of halogens is 3. The van der Waals surface area contributed by atoms with Crippen LogP contribution in [-0.4, -0.2) is 24.3 Å². The Hall–Kier alpha value is -1.24. The Morgan fingerprint density at radius 3 is 2.78 bits per heavy atom. The van der Waals surface area contributed by atoms with Crippen LogP contribution in [0.2, 0.25) is 0 Å². The first kappa shape index (κ1) is 14.8. The van der Waals surface area contributed by atoms with Crippen LogP contribution in [0.1, 0.15) is 26.0 Å². The zero-order valence-electron chi connectivity index (χ0n) is 10.4. The highest BCUT2D eigenvalue weighted by molar-refractivity contribution is 4.99. The van der Waals surface area contributed by atoms with Gasteiger partial charge < -0.3 is 14.5 Å². The Morgan fingerprint density at radius 1 is 1.44 bits per heavy atom. The van der Waals surface area contributed by atoms with E-state index >= 15 is 0 Å². The number of alkyl halides is 3. The normalized spacial score (nSPS) is 12.1. The Balaban J connectivity index is 2.26. The Labute approximate surface area is 104 Å². The molecule has 0 aliphatic rings. The molecule has 0 saturated heterocycles. The van der Waals surface area contributed by atoms with E-state index in [0.717, 1.165) is 6.54 Å². The van der Waals surface area contributed by atoms with Crippen LogP contribution < -0.4 is 10.1 Å². The van der Waals surface area contributed by atoms with E-state index in [-0.39, 0.29) is 6.08 Å². The molecule has 0 saturated carbocycles. The van der Waals surface area contributed by atoms with Crippen molar-refractivity contribution >= 4 is 0 Å². The molecule has 1 N–H and O–H groups in total. The highest BCUT2D eigenvalue weighted by Crippen LogP contribution is 2.20. The number of hydrogen-bond acceptors (Lipinski definition) is 4. The molecule has 0 unspecified atom stereocenters. The molecule has 0 aliphatic carbocycles. The molecule has 1 rings (SSSR count). The maximum atomic E-state index is 11.9. The summed E-state index contributed by atoms with van der Waals surface area (Å²) in [6.45, 7) is 4.99. The van der Waals surface area contributed by atoms with Gasteiger partial charge in [-0.3, -0.25) is 0 Å². The average molecular weight is 266 g/mol. The second kappa shape index (κ2) is 6.63. The summed E-state index contributed by atoms with van der Waals surface area (Å²) in [4.78, 5) is 3.91. The van der Waals surface area contributed by atoms with Gasteiger partial charge in [0.15, 0.2) is 0 Å². The quantitative estimate of drug-likeness (QED) is 0.824. The zero-order chi connectivity index (χ0) is 13.6. The minimum atomic E-state index is -4.23. The number of oxazole rings is 1. The van der Waals surface area contributed by atoms with Gasteiger partial charge in [-0.1, -0.05) is 13.8 Å². The van der Waals surface area contributed by atoms with E-state index in [1.54, 1.807) is 0 Å². The van der Waals surface area contributed by atoms with Gasteiger partial charge in [0.05, 0.1) is 12.1 Å². The lowest BCUT2D eigenvalue weighted by molar-refractivity contribution is -0.140. The minimum absolute atomic E-state index is 0.124. The predicted octanol–water partition coefficient (Wildman–Crippen LogP) is 2.75. The number of nitrogens with one attached hydrogen (secondary N) is 1. The molecule has 7 heteroatoms. The van der Waals surface area contributed by atoms with Crippen molar-refractivity contribution in [2.45, 2.75) is 33.0 Å². The molecule has 1 heterocycles. The van der Waals surface area contributed by atoms with Crippen molar-refractivity contribution in [3.05, 3.63) is 12.0 Å². The van der Waals surface area contributed by atoms with Gasteiger partial charge in [0.25, 0.3) is 0 Å². The van der Waals surface area contributed by atoms with Gasteiger partial charge in [-0.25, -0.2) is 0 Å². The summed E-state index contributed by atoms with van der Waals surface area (Å²) < 4.78 is 45.3. The van der Waals surface area contributed by atoms with Gasteiger partial charge in [-0.05, 0) is 12.5 Å². The zero-order valence-corrected chi connectivity index (χ0v) is 10.4. The van der Waals surface area contributed by atoms with Crippen LogP contribution in [0.4, 0.5) is 13.2 Å². The number of hydrogen-bond donors (Lipinski definition) is 1. The maximum absolute atomic E-state index is 11.9. The third kappa shape index (κ3) is 6.48. The van der Waals surface area contributed by atoms with E-state index in [9.17, 15) is 13.2 Å². The van der Waals surface area contributed by atoms with Crippen molar-refractivity contribution in [3.8, 4) is 6.08 Å². The van der Waals surface area contributed by atoms with Gasteiger partial charge in [-0.2, -0.15) is 18.2 Å². The first-order chi connectivity index (χ1) is 8.37. The Morgan fingerprint density at radius 2 is 2.17 bits per heavy atom. The summed E-state index contributed by atoms with van der Waals surface area (Å²) in [6.07, 6.45) is -4.00. The van der Waals surface area contributed by atoms with Crippen LogP contribution in [0.25, 0.3) is 0 Å². The van der Waals surface area contributed by atoms with Crippen LogP contribution >= 0.6 is 0 Å². The molecule has 0 bridgehead atoms. The third-order valence-electron chi connectivity index (χ3n) is 2.00. The first-order valence-electron chi connectivity index (χ1n) is 5.71. The standard InChI is InChI=1S/C11H17F3N2O2/c1-8(2)5-15-6-9-7-18-10(16-9)17-4-3-11(12,13)14/h7-8,15H,3-6H2,1-2H3. The van der Waals surface area contributed by atoms with E-state index in [0.29, 0.717) is 18.2 Å². The lowest BCUT2D eigenvalue weighted by atomic mass is 10.2. The highest BCUT2D eigenvalue weighted by Gasteiger charge is 2.27. The minimum Gasteiger partial charge on any atom is -0.450 e. The number of nitrogens with zero attached hydrogens (tertiary/aromatic N) is 1. The molecule has 1 aromatic heterocycles. The molecule has 18 heavy (non-hydrogen) atoms. The predicted molar refractivity (Wildman–Crippen MR) is 59.2 cm³/mol. The first-order valence-corrected chi connectivity index (χ1v) is 5.71. The van der Waals surface area contributed by atoms with Gasteiger partial charge in [-0.15, -0.1) is 0 Å². The van der Waals surface area contributed by atoms with Gasteiger partial charge in [0.2, 0.25) is 0 Å². The number of rotatable bonds is 7. The second-order valence-corrected chi connectivity index (χ2v) is 4.34. The summed E-state index contributed by atoms with van der Waals surface area (Å²) in [5, 5.41) is 3.14. The fraction of sp³-hybridized carbons (Fsp3) is 0.727. The third-order valence-corrected chi connectivity index (χ3v) is 2.00. The summed E-state index contributed by atoms with van der Waals surface area (Å²) in [5.74, 6) is 0.513. The van der Waals surface area contributed by atoms with Gasteiger partial charge >= 0.3 is 12.3 Å². The molecular weight excluding hydrogens is 249 g/mol. The smallest absolute Gasteiger partial charge is 0.393 e. The molecular formula is C11H17F3N2O2. The van der Waals surface area contributed by atoms with Crippen LogP contribution in [0.3, 0.4) is 0 Å². The largest absolute Gasteiger partial charge is 0.450 e. The fourth-order valence-corrected chi connectivity index (χ4v) is 1.18. The summed E-state index contributed by atoms with van der Waals surface area (Å²) >= 11 is 0. The average Bonchev–Trinajstić information content (AvgIpc) is 2.63. The van der Waals surface area contributed by atoms with Crippen LogP contribution in [0.15, 0.2) is 10.7 Å². The fourth-order valence-electron chi connectivity index (χ4n) is 1.18. The molecule has 0 aromatic carbocycles. The highest BCUT2D eigenvalue weighted by atomic mass is 19.4. The molecule has 1 aromatic rings. The Bertz CT molecular complexity index is 350. The van der Waals surface area contributed by atoms with Crippen molar-refractivity contribution in [2.75, 3.05) is 13.2 Å². The SMILES string of the molecule is CC(C)CNCc1coc(OCCC(F)(F)F)n1. The maximum Gasteiger partial charge on any atom is 0.393 e. The van der Waals surface area contributed by atoms with Crippen molar-refractivity contribution in [3.63, 3.8) is 0 Å².